The van der Waals surface area contributed by atoms with Gasteiger partial charge in [-0.3, -0.25) is 9.59 Å². The van der Waals surface area contributed by atoms with Gasteiger partial charge in [-0.25, -0.2) is 4.39 Å². The number of anilines is 1. The highest BCUT2D eigenvalue weighted by Crippen LogP contribution is 2.34. The molecule has 0 atom stereocenters. The molecule has 2 aromatic rings. The van der Waals surface area contributed by atoms with Gasteiger partial charge in [0.25, 0.3) is 5.91 Å². The smallest absolute Gasteiger partial charge is 0.251 e. The molecule has 0 spiro atoms. The van der Waals surface area contributed by atoms with E-state index in [9.17, 15) is 14.0 Å². The van der Waals surface area contributed by atoms with E-state index in [4.69, 9.17) is 0 Å². The van der Waals surface area contributed by atoms with Gasteiger partial charge in [-0.05, 0) is 48.9 Å². The zero-order valence-corrected chi connectivity index (χ0v) is 17.2. The van der Waals surface area contributed by atoms with Gasteiger partial charge >= 0.3 is 0 Å². The Morgan fingerprint density at radius 1 is 1.00 bits per heavy atom. The lowest BCUT2D eigenvalue weighted by Crippen LogP contribution is -2.24. The first-order chi connectivity index (χ1) is 13.5. The molecule has 0 bridgehead atoms. The quantitative estimate of drug-likeness (QED) is 0.506. The largest absolute Gasteiger partial charge is 0.352 e. The second kappa shape index (κ2) is 11.5. The van der Waals surface area contributed by atoms with Gasteiger partial charge in [0.2, 0.25) is 5.91 Å². The summed E-state index contributed by atoms with van der Waals surface area (Å²) in [7, 11) is 0. The maximum Gasteiger partial charge on any atom is 0.251 e. The minimum Gasteiger partial charge on any atom is -0.352 e. The number of carbonyl (C=O) groups excluding carboxylic acids is 2. The number of rotatable bonds is 10. The summed E-state index contributed by atoms with van der Waals surface area (Å²) in [5.74, 6) is -0.664. The van der Waals surface area contributed by atoms with E-state index in [2.05, 4.69) is 17.6 Å². The molecule has 0 radical (unpaired) electrons. The second-order valence-electron chi connectivity index (χ2n) is 6.62. The Bertz CT molecular complexity index is 794. The van der Waals surface area contributed by atoms with Crippen molar-refractivity contribution in [3.63, 3.8) is 0 Å². The van der Waals surface area contributed by atoms with Gasteiger partial charge < -0.3 is 10.6 Å². The summed E-state index contributed by atoms with van der Waals surface area (Å²) in [6.07, 6.45) is 5.68. The lowest BCUT2D eigenvalue weighted by molar-refractivity contribution is -0.114. The highest BCUT2D eigenvalue weighted by molar-refractivity contribution is 7.99. The van der Waals surface area contributed by atoms with Crippen LogP contribution in [0.4, 0.5) is 10.1 Å². The molecule has 4 nitrogen and oxygen atoms in total. The van der Waals surface area contributed by atoms with Gasteiger partial charge in [0, 0.05) is 28.8 Å². The lowest BCUT2D eigenvalue weighted by Gasteiger charge is -2.12. The van der Waals surface area contributed by atoms with Crippen molar-refractivity contribution in [1.29, 1.82) is 0 Å². The molecule has 0 heterocycles. The molecule has 0 saturated heterocycles. The summed E-state index contributed by atoms with van der Waals surface area (Å²) in [5, 5.41) is 5.71. The molecule has 2 rings (SSSR count). The van der Waals surface area contributed by atoms with E-state index in [-0.39, 0.29) is 17.6 Å². The van der Waals surface area contributed by atoms with Gasteiger partial charge in [0.15, 0.2) is 0 Å². The molecule has 2 aromatic carbocycles. The number of hydrogen-bond donors (Lipinski definition) is 2. The number of amides is 2. The molecule has 0 aliphatic carbocycles. The Kier molecular flexibility index (Phi) is 9.01. The van der Waals surface area contributed by atoms with Crippen LogP contribution in [0.15, 0.2) is 52.3 Å². The molecule has 28 heavy (non-hydrogen) atoms. The maximum atomic E-state index is 13.1. The average molecular weight is 403 g/mol. The van der Waals surface area contributed by atoms with Gasteiger partial charge in [0.1, 0.15) is 5.82 Å². The molecule has 2 amide bonds. The van der Waals surface area contributed by atoms with E-state index < -0.39 is 0 Å². The molecule has 0 aliphatic heterocycles. The minimum atomic E-state index is -0.298. The van der Waals surface area contributed by atoms with Crippen LogP contribution in [-0.2, 0) is 4.79 Å². The number of hydrogen-bond acceptors (Lipinski definition) is 3. The average Bonchev–Trinajstić information content (AvgIpc) is 2.67. The standard InChI is InChI=1S/C22H27FN2O2S/c1-3-4-5-6-7-14-24-22(27)17-8-13-21(20(15-17)25-16(2)26)28-19-11-9-18(23)10-12-19/h8-13,15H,3-7,14H2,1-2H3,(H,24,27)(H,25,26). The highest BCUT2D eigenvalue weighted by Gasteiger charge is 2.12. The lowest BCUT2D eigenvalue weighted by atomic mass is 10.1. The van der Waals surface area contributed by atoms with Crippen molar-refractivity contribution in [3.8, 4) is 0 Å². The maximum absolute atomic E-state index is 13.1. The van der Waals surface area contributed by atoms with Gasteiger partial charge in [-0.1, -0.05) is 44.4 Å². The van der Waals surface area contributed by atoms with Crippen molar-refractivity contribution >= 4 is 29.3 Å². The summed E-state index contributed by atoms with van der Waals surface area (Å²) in [5.41, 5.74) is 1.07. The fourth-order valence-electron chi connectivity index (χ4n) is 2.71. The van der Waals surface area contributed by atoms with Crippen molar-refractivity contribution in [2.45, 2.75) is 55.7 Å². The third kappa shape index (κ3) is 7.35. The van der Waals surface area contributed by atoms with Crippen LogP contribution in [0, 0.1) is 5.82 Å². The molecule has 150 valence electrons. The van der Waals surface area contributed by atoms with E-state index >= 15 is 0 Å². The van der Waals surface area contributed by atoms with Crippen molar-refractivity contribution in [3.05, 3.63) is 53.8 Å². The fraction of sp³-hybridized carbons (Fsp3) is 0.364. The normalized spacial score (nSPS) is 10.5. The second-order valence-corrected chi connectivity index (χ2v) is 7.73. The highest BCUT2D eigenvalue weighted by atomic mass is 32.2. The Balaban J connectivity index is 2.04. The Morgan fingerprint density at radius 3 is 2.39 bits per heavy atom. The van der Waals surface area contributed by atoms with Crippen molar-refractivity contribution < 1.29 is 14.0 Å². The van der Waals surface area contributed by atoms with Crippen LogP contribution in [0.2, 0.25) is 0 Å². The van der Waals surface area contributed by atoms with Crippen LogP contribution in [-0.4, -0.2) is 18.4 Å². The molecule has 2 N–H and O–H groups in total. The van der Waals surface area contributed by atoms with Crippen LogP contribution in [0.5, 0.6) is 0 Å². The first kappa shape index (κ1) is 22.0. The summed E-state index contributed by atoms with van der Waals surface area (Å²) in [6, 6.07) is 11.4. The molecular weight excluding hydrogens is 375 g/mol. The first-order valence-corrected chi connectivity index (χ1v) is 10.4. The third-order valence-electron chi connectivity index (χ3n) is 4.16. The van der Waals surface area contributed by atoms with Crippen LogP contribution < -0.4 is 10.6 Å². The third-order valence-corrected chi connectivity index (χ3v) is 5.24. The van der Waals surface area contributed by atoms with E-state index in [0.29, 0.717) is 17.8 Å². The summed E-state index contributed by atoms with van der Waals surface area (Å²) in [6.45, 7) is 4.24. The molecule has 0 unspecified atom stereocenters. The summed E-state index contributed by atoms with van der Waals surface area (Å²) >= 11 is 1.40. The predicted octanol–water partition coefficient (Wildman–Crippen LogP) is 5.64. The van der Waals surface area contributed by atoms with Crippen molar-refractivity contribution in [2.24, 2.45) is 0 Å². The summed E-state index contributed by atoms with van der Waals surface area (Å²) in [4.78, 5) is 25.6. The number of benzene rings is 2. The van der Waals surface area contributed by atoms with Crippen LogP contribution >= 0.6 is 11.8 Å². The van der Waals surface area contributed by atoms with E-state index in [0.717, 1.165) is 22.6 Å². The molecule has 0 aromatic heterocycles. The predicted molar refractivity (Wildman–Crippen MR) is 112 cm³/mol. The summed E-state index contributed by atoms with van der Waals surface area (Å²) < 4.78 is 13.1. The van der Waals surface area contributed by atoms with Crippen molar-refractivity contribution in [2.75, 3.05) is 11.9 Å². The molecule has 0 fully saturated rings. The Morgan fingerprint density at radius 2 is 1.71 bits per heavy atom. The van der Waals surface area contributed by atoms with Crippen LogP contribution in [0.3, 0.4) is 0 Å². The van der Waals surface area contributed by atoms with Gasteiger partial charge in [0.05, 0.1) is 5.69 Å². The SMILES string of the molecule is CCCCCCCNC(=O)c1ccc(Sc2ccc(F)cc2)c(NC(C)=O)c1. The zero-order chi connectivity index (χ0) is 20.4. The number of nitrogens with one attached hydrogen (secondary N) is 2. The molecule has 0 saturated carbocycles. The van der Waals surface area contributed by atoms with Crippen molar-refractivity contribution in [1.82, 2.24) is 5.32 Å². The molecule has 0 aliphatic rings. The number of carbonyl (C=O) groups is 2. The number of halogens is 1. The minimum absolute atomic E-state index is 0.152. The van der Waals surface area contributed by atoms with Crippen LogP contribution in [0.1, 0.15) is 56.3 Å². The monoisotopic (exact) mass is 402 g/mol. The van der Waals surface area contributed by atoms with Crippen LogP contribution in [0.25, 0.3) is 0 Å². The molecule has 6 heteroatoms. The van der Waals surface area contributed by atoms with E-state index in [1.807, 2.05) is 0 Å². The Labute approximate surface area is 170 Å². The van der Waals surface area contributed by atoms with Gasteiger partial charge in [-0.2, -0.15) is 0 Å². The first-order valence-electron chi connectivity index (χ1n) is 9.63. The van der Waals surface area contributed by atoms with Gasteiger partial charge in [-0.15, -0.1) is 0 Å². The zero-order valence-electron chi connectivity index (χ0n) is 16.4. The van der Waals surface area contributed by atoms with E-state index in [1.165, 1.54) is 50.1 Å². The topological polar surface area (TPSA) is 58.2 Å². The number of unbranched alkanes of at least 4 members (excludes halogenated alkanes) is 4. The Hall–Kier alpha value is -2.34. The molecular formula is C22H27FN2O2S. The van der Waals surface area contributed by atoms with E-state index in [1.54, 1.807) is 30.3 Å². The fourth-order valence-corrected chi connectivity index (χ4v) is 3.59.